The van der Waals surface area contributed by atoms with Gasteiger partial charge in [0.25, 0.3) is 0 Å². The molecule has 0 unspecified atom stereocenters. The van der Waals surface area contributed by atoms with Crippen molar-refractivity contribution < 1.29 is 37.2 Å². The van der Waals surface area contributed by atoms with E-state index < -0.39 is 5.97 Å². The Morgan fingerprint density at radius 3 is 2.14 bits per heavy atom. The number of allylic oxidation sites excluding steroid dienone is 1. The van der Waals surface area contributed by atoms with Crippen LogP contribution in [-0.4, -0.2) is 11.1 Å². The van der Waals surface area contributed by atoms with Gasteiger partial charge in [0, 0.05) is 33.4 Å². The number of carboxylic acid groups (broad SMARTS) is 1. The van der Waals surface area contributed by atoms with Gasteiger partial charge < -0.3 is 5.11 Å². The summed E-state index contributed by atoms with van der Waals surface area (Å²) in [6.07, 6.45) is 2.56. The van der Waals surface area contributed by atoms with Crippen molar-refractivity contribution in [2.45, 2.75) is 6.92 Å². The van der Waals surface area contributed by atoms with Crippen LogP contribution in [0.25, 0.3) is 0 Å². The molecule has 0 heterocycles. The van der Waals surface area contributed by atoms with Crippen LogP contribution in [0.2, 0.25) is 0 Å². The molecular formula is C4H6CdO2. The minimum absolute atomic E-state index is 0. The second kappa shape index (κ2) is 6.13. The molecule has 0 bridgehead atoms. The Morgan fingerprint density at radius 2 is 2.14 bits per heavy atom. The first-order chi connectivity index (χ1) is 2.77. The minimum Gasteiger partial charge on any atom is -0.478 e. The maximum atomic E-state index is 9.51. The fourth-order valence-electron chi connectivity index (χ4n) is 0.143. The average molecular weight is 199 g/mol. The Labute approximate surface area is 62.4 Å². The van der Waals surface area contributed by atoms with E-state index in [1.807, 2.05) is 0 Å². The van der Waals surface area contributed by atoms with E-state index in [0.29, 0.717) is 0 Å². The first-order valence-corrected chi connectivity index (χ1v) is 1.63. The molecule has 0 radical (unpaired) electrons. The predicted molar refractivity (Wildman–Crippen MR) is 22.4 cm³/mol. The molecular weight excluding hydrogens is 192 g/mol. The summed E-state index contributed by atoms with van der Waals surface area (Å²) in [5.74, 6) is -0.891. The number of aliphatic carboxylic acids is 1. The molecule has 0 aromatic heterocycles. The molecule has 0 amide bonds. The van der Waals surface area contributed by atoms with Crippen molar-refractivity contribution in [2.75, 3.05) is 0 Å². The maximum absolute atomic E-state index is 9.51. The van der Waals surface area contributed by atoms with Crippen LogP contribution in [0.5, 0.6) is 0 Å². The molecule has 3 heteroatoms. The fourth-order valence-corrected chi connectivity index (χ4v) is 0.143. The number of carboxylic acids is 1. The zero-order valence-corrected chi connectivity index (χ0v) is 8.25. The Balaban J connectivity index is 0. The second-order valence-electron chi connectivity index (χ2n) is 0.838. The van der Waals surface area contributed by atoms with Gasteiger partial charge in [-0.2, -0.15) is 0 Å². The van der Waals surface area contributed by atoms with Crippen molar-refractivity contribution >= 4 is 5.97 Å². The molecule has 0 fully saturated rings. The number of hydrogen-bond acceptors (Lipinski definition) is 1. The van der Waals surface area contributed by atoms with E-state index in [9.17, 15) is 4.79 Å². The third-order valence-electron chi connectivity index (χ3n) is 0.309. The van der Waals surface area contributed by atoms with Crippen molar-refractivity contribution in [3.05, 3.63) is 12.2 Å². The molecule has 0 aliphatic carbocycles. The van der Waals surface area contributed by atoms with E-state index in [1.165, 1.54) is 6.08 Å². The molecule has 0 saturated heterocycles. The zero-order chi connectivity index (χ0) is 4.99. The molecule has 2 nitrogen and oxygen atoms in total. The van der Waals surface area contributed by atoms with Crippen LogP contribution >= 0.6 is 0 Å². The summed E-state index contributed by atoms with van der Waals surface area (Å²) >= 11 is 0. The standard InChI is InChI=1S/C4H6O2.Cd/c1-2-3-4(5)6;/h2-3H,1H3,(H,5,6);/b3-2+;. The van der Waals surface area contributed by atoms with Gasteiger partial charge in [-0.15, -0.1) is 0 Å². The fraction of sp³-hybridized carbons (Fsp3) is 0.250. The maximum Gasteiger partial charge on any atom is 0.327 e. The SMILES string of the molecule is C/C=C/C(=O)O.[Cd]. The molecule has 0 aliphatic heterocycles. The van der Waals surface area contributed by atoms with Gasteiger partial charge in [-0.3, -0.25) is 0 Å². The summed E-state index contributed by atoms with van der Waals surface area (Å²) in [5.41, 5.74) is 0. The Hall–Kier alpha value is 0.132. The van der Waals surface area contributed by atoms with Crippen LogP contribution in [0.1, 0.15) is 6.92 Å². The summed E-state index contributed by atoms with van der Waals surface area (Å²) in [6, 6.07) is 0. The topological polar surface area (TPSA) is 37.3 Å². The monoisotopic (exact) mass is 200 g/mol. The van der Waals surface area contributed by atoms with Crippen LogP contribution < -0.4 is 0 Å². The second-order valence-corrected chi connectivity index (χ2v) is 0.838. The van der Waals surface area contributed by atoms with Gasteiger partial charge in [0.1, 0.15) is 0 Å². The Kier molecular flexibility index (Phi) is 8.92. The molecule has 0 aliphatic rings. The molecule has 0 spiro atoms. The van der Waals surface area contributed by atoms with E-state index in [1.54, 1.807) is 6.92 Å². The Bertz CT molecular complexity index is 77.8. The van der Waals surface area contributed by atoms with Crippen molar-refractivity contribution in [3.8, 4) is 0 Å². The van der Waals surface area contributed by atoms with E-state index in [2.05, 4.69) is 0 Å². The van der Waals surface area contributed by atoms with Crippen molar-refractivity contribution in [1.82, 2.24) is 0 Å². The number of carbonyl (C=O) groups is 1. The largest absolute Gasteiger partial charge is 0.478 e. The first-order valence-electron chi connectivity index (χ1n) is 1.63. The molecule has 0 saturated carbocycles. The van der Waals surface area contributed by atoms with Gasteiger partial charge in [-0.05, 0) is 6.92 Å². The average Bonchev–Trinajstić information content (AvgIpc) is 1.35. The van der Waals surface area contributed by atoms with Crippen LogP contribution in [0.15, 0.2) is 12.2 Å². The Morgan fingerprint density at radius 1 is 1.71 bits per heavy atom. The van der Waals surface area contributed by atoms with Crippen LogP contribution in [0, 0.1) is 0 Å². The summed E-state index contributed by atoms with van der Waals surface area (Å²) in [7, 11) is 0. The minimum atomic E-state index is -0.891. The van der Waals surface area contributed by atoms with Gasteiger partial charge in [-0.1, -0.05) is 6.08 Å². The molecule has 0 aromatic rings. The number of hydrogen-bond donors (Lipinski definition) is 1. The van der Waals surface area contributed by atoms with Gasteiger partial charge >= 0.3 is 5.97 Å². The van der Waals surface area contributed by atoms with Crippen molar-refractivity contribution in [1.29, 1.82) is 0 Å². The quantitative estimate of drug-likeness (QED) is 0.496. The molecule has 0 aromatic carbocycles. The molecule has 0 rings (SSSR count). The molecule has 7 heavy (non-hydrogen) atoms. The molecule has 0 atom stereocenters. The molecule has 36 valence electrons. The summed E-state index contributed by atoms with van der Waals surface area (Å²) in [5, 5.41) is 7.83. The smallest absolute Gasteiger partial charge is 0.327 e. The van der Waals surface area contributed by atoms with Crippen LogP contribution in [0.3, 0.4) is 0 Å². The predicted octanol–water partition coefficient (Wildman–Crippen LogP) is 0.645. The summed E-state index contributed by atoms with van der Waals surface area (Å²) in [4.78, 5) is 9.51. The first kappa shape index (κ1) is 10.2. The van der Waals surface area contributed by atoms with Crippen molar-refractivity contribution in [2.24, 2.45) is 0 Å². The van der Waals surface area contributed by atoms with Gasteiger partial charge in [0.05, 0.1) is 0 Å². The summed E-state index contributed by atoms with van der Waals surface area (Å²) < 4.78 is 0. The van der Waals surface area contributed by atoms with Crippen LogP contribution in [-0.2, 0) is 32.1 Å². The third kappa shape index (κ3) is 10.7. The van der Waals surface area contributed by atoms with Gasteiger partial charge in [-0.25, -0.2) is 4.79 Å². The van der Waals surface area contributed by atoms with E-state index in [4.69, 9.17) is 5.11 Å². The van der Waals surface area contributed by atoms with Gasteiger partial charge in [0.15, 0.2) is 0 Å². The zero-order valence-electron chi connectivity index (χ0n) is 4.22. The van der Waals surface area contributed by atoms with Crippen molar-refractivity contribution in [3.63, 3.8) is 0 Å². The number of rotatable bonds is 1. The van der Waals surface area contributed by atoms with E-state index >= 15 is 0 Å². The van der Waals surface area contributed by atoms with Gasteiger partial charge in [0.2, 0.25) is 0 Å². The van der Waals surface area contributed by atoms with E-state index in [-0.39, 0.29) is 27.3 Å². The van der Waals surface area contributed by atoms with E-state index in [0.717, 1.165) is 6.08 Å². The summed E-state index contributed by atoms with van der Waals surface area (Å²) in [6.45, 7) is 1.66. The normalized spacial score (nSPS) is 8.14. The third-order valence-corrected chi connectivity index (χ3v) is 0.309. The molecule has 1 N–H and O–H groups in total. The van der Waals surface area contributed by atoms with Crippen LogP contribution in [0.4, 0.5) is 0 Å².